The van der Waals surface area contributed by atoms with Crippen molar-refractivity contribution in [3.05, 3.63) is 102 Å². The summed E-state index contributed by atoms with van der Waals surface area (Å²) in [4.78, 5) is 27.1. The molecule has 0 atom stereocenters. The van der Waals surface area contributed by atoms with Gasteiger partial charge in [-0.05, 0) is 73.2 Å². The van der Waals surface area contributed by atoms with Gasteiger partial charge in [-0.25, -0.2) is 14.8 Å². The maximum absolute atomic E-state index is 13.7. The van der Waals surface area contributed by atoms with Gasteiger partial charge in [-0.2, -0.15) is 5.26 Å². The highest BCUT2D eigenvalue weighted by Gasteiger charge is 2.30. The van der Waals surface area contributed by atoms with Gasteiger partial charge in [0.1, 0.15) is 17.7 Å². The first-order chi connectivity index (χ1) is 21.7. The maximum atomic E-state index is 13.7. The van der Waals surface area contributed by atoms with Gasteiger partial charge in [0.05, 0.1) is 5.56 Å². The zero-order valence-electron chi connectivity index (χ0n) is 24.8. The number of hydrogen-bond donors (Lipinski definition) is 3. The zero-order chi connectivity index (χ0) is 30.1. The van der Waals surface area contributed by atoms with Crippen LogP contribution in [0.3, 0.4) is 0 Å². The van der Waals surface area contributed by atoms with Crippen molar-refractivity contribution in [2.24, 2.45) is 0 Å². The molecule has 3 heterocycles. The molecule has 2 aromatic heterocycles. The predicted octanol–water partition coefficient (Wildman–Crippen LogP) is 5.56. The largest absolute Gasteiger partial charge is 0.367 e. The molecule has 0 unspecified atom stereocenters. The Morgan fingerprint density at radius 2 is 1.64 bits per heavy atom. The van der Waals surface area contributed by atoms with Crippen LogP contribution >= 0.6 is 0 Å². The van der Waals surface area contributed by atoms with E-state index in [-0.39, 0.29) is 18.1 Å². The number of carbonyl (C=O) groups excluding carboxylic acids is 1. The highest BCUT2D eigenvalue weighted by Crippen LogP contribution is 2.31. The predicted molar refractivity (Wildman–Crippen MR) is 175 cm³/mol. The Bertz CT molecular complexity index is 1540. The van der Waals surface area contributed by atoms with Crippen LogP contribution in [0.25, 0.3) is 11.1 Å². The molecule has 2 fully saturated rings. The van der Waals surface area contributed by atoms with E-state index >= 15 is 0 Å². The van der Waals surface area contributed by atoms with Gasteiger partial charge in [0.15, 0.2) is 0 Å². The van der Waals surface area contributed by atoms with E-state index in [4.69, 9.17) is 10.2 Å². The number of nitrogens with one attached hydrogen (secondary N) is 3. The van der Waals surface area contributed by atoms with Crippen LogP contribution in [0, 0.1) is 11.3 Å². The van der Waals surface area contributed by atoms with Crippen molar-refractivity contribution in [1.29, 1.82) is 5.26 Å². The molecule has 2 aromatic carbocycles. The summed E-state index contributed by atoms with van der Waals surface area (Å²) in [6.07, 6.45) is 7.09. The number of anilines is 3. The molecular formula is C35H38N8O. The zero-order valence-corrected chi connectivity index (χ0v) is 24.8. The summed E-state index contributed by atoms with van der Waals surface area (Å²) >= 11 is 0. The summed E-state index contributed by atoms with van der Waals surface area (Å²) in [5.41, 5.74) is 4.62. The number of nitriles is 1. The first-order valence-corrected chi connectivity index (χ1v) is 15.4. The van der Waals surface area contributed by atoms with Gasteiger partial charge in [0.25, 0.3) is 0 Å². The Kier molecular flexibility index (Phi) is 9.29. The molecule has 0 spiro atoms. The maximum Gasteiger partial charge on any atom is 0.322 e. The first-order valence-electron chi connectivity index (χ1n) is 15.4. The SMILES string of the molecule is N#Cc1ccc(NC2CCC(N(C(=O)NCc3ccccc3)c3ccc(-c4ccc(N5CCNCC5)nc4)cc3)CC2)nc1. The quantitative estimate of drug-likeness (QED) is 0.248. The molecule has 224 valence electrons. The minimum absolute atomic E-state index is 0.0728. The standard InChI is InChI=1S/C35H38N8O/c36-22-27-6-16-33(38-24-27)41-30-10-14-32(15-11-30)43(35(44)40-23-26-4-2-1-3-5-26)31-12-7-28(8-13-31)29-9-17-34(39-25-29)42-20-18-37-19-21-42/h1-9,12-13,16-17,24-25,30,32,37H,10-11,14-15,18-21,23H2,(H,38,41)(H,40,44). The third kappa shape index (κ3) is 7.16. The van der Waals surface area contributed by atoms with Crippen LogP contribution in [-0.2, 0) is 6.54 Å². The fourth-order valence-electron chi connectivity index (χ4n) is 6.04. The lowest BCUT2D eigenvalue weighted by atomic mass is 9.89. The summed E-state index contributed by atoms with van der Waals surface area (Å²) in [7, 11) is 0. The molecule has 3 N–H and O–H groups in total. The number of rotatable bonds is 8. The Balaban J connectivity index is 1.15. The van der Waals surface area contributed by atoms with Crippen LogP contribution in [-0.4, -0.2) is 54.3 Å². The van der Waals surface area contributed by atoms with Crippen LogP contribution < -0.4 is 25.8 Å². The van der Waals surface area contributed by atoms with E-state index in [1.807, 2.05) is 59.6 Å². The number of nitrogens with zero attached hydrogens (tertiary/aromatic N) is 5. The van der Waals surface area contributed by atoms with Gasteiger partial charge in [-0.3, -0.25) is 4.90 Å². The number of hydrogen-bond acceptors (Lipinski definition) is 7. The van der Waals surface area contributed by atoms with E-state index in [0.29, 0.717) is 12.1 Å². The average Bonchev–Trinajstić information content (AvgIpc) is 3.10. The lowest BCUT2D eigenvalue weighted by molar-refractivity contribution is 0.240. The third-order valence-electron chi connectivity index (χ3n) is 8.48. The van der Waals surface area contributed by atoms with Crippen molar-refractivity contribution in [2.75, 3.05) is 41.3 Å². The number of benzene rings is 2. The second-order valence-corrected chi connectivity index (χ2v) is 11.4. The Morgan fingerprint density at radius 1 is 0.886 bits per heavy atom. The molecule has 9 heteroatoms. The highest BCUT2D eigenvalue weighted by atomic mass is 16.2. The second kappa shape index (κ2) is 14.0. The number of urea groups is 1. The third-order valence-corrected chi connectivity index (χ3v) is 8.48. The van der Waals surface area contributed by atoms with Gasteiger partial charge in [-0.1, -0.05) is 42.5 Å². The van der Waals surface area contributed by atoms with Gasteiger partial charge in [0.2, 0.25) is 0 Å². The smallest absolute Gasteiger partial charge is 0.322 e. The van der Waals surface area contributed by atoms with E-state index < -0.39 is 0 Å². The molecule has 9 nitrogen and oxygen atoms in total. The molecule has 6 rings (SSSR count). The second-order valence-electron chi connectivity index (χ2n) is 11.4. The van der Waals surface area contributed by atoms with Gasteiger partial charge in [-0.15, -0.1) is 0 Å². The van der Waals surface area contributed by atoms with E-state index in [0.717, 1.165) is 85.9 Å². The molecule has 0 bridgehead atoms. The number of carbonyl (C=O) groups is 1. The summed E-state index contributed by atoms with van der Waals surface area (Å²) < 4.78 is 0. The summed E-state index contributed by atoms with van der Waals surface area (Å²) in [5, 5.41) is 19.1. The number of aromatic nitrogens is 2. The van der Waals surface area contributed by atoms with Crippen molar-refractivity contribution >= 4 is 23.4 Å². The van der Waals surface area contributed by atoms with E-state index in [1.165, 1.54) is 0 Å². The molecule has 4 aromatic rings. The van der Waals surface area contributed by atoms with Gasteiger partial charge in [0, 0.05) is 68.5 Å². The van der Waals surface area contributed by atoms with E-state index in [1.54, 1.807) is 12.3 Å². The average molecular weight is 587 g/mol. The van der Waals surface area contributed by atoms with E-state index in [2.05, 4.69) is 56.2 Å². The summed E-state index contributed by atoms with van der Waals surface area (Å²) in [5.74, 6) is 1.78. The van der Waals surface area contributed by atoms with Crippen molar-refractivity contribution in [2.45, 2.75) is 44.3 Å². The minimum Gasteiger partial charge on any atom is -0.367 e. The molecule has 2 aliphatic rings. The summed E-state index contributed by atoms with van der Waals surface area (Å²) in [6.45, 7) is 4.36. The van der Waals surface area contributed by atoms with E-state index in [9.17, 15) is 4.79 Å². The molecule has 1 aliphatic carbocycles. The fourth-order valence-corrected chi connectivity index (χ4v) is 6.04. The van der Waals surface area contributed by atoms with Crippen LogP contribution in [0.4, 0.5) is 22.1 Å². The highest BCUT2D eigenvalue weighted by molar-refractivity contribution is 5.93. The molecular weight excluding hydrogens is 548 g/mol. The van der Waals surface area contributed by atoms with Crippen LogP contribution in [0.5, 0.6) is 0 Å². The van der Waals surface area contributed by atoms with Crippen molar-refractivity contribution in [3.63, 3.8) is 0 Å². The number of amides is 2. The molecule has 2 amide bonds. The Hall–Kier alpha value is -4.94. The fraction of sp³-hybridized carbons (Fsp3) is 0.314. The van der Waals surface area contributed by atoms with Crippen molar-refractivity contribution < 1.29 is 4.79 Å². The number of pyridine rings is 2. The van der Waals surface area contributed by atoms with Crippen LogP contribution in [0.15, 0.2) is 91.3 Å². The monoisotopic (exact) mass is 586 g/mol. The van der Waals surface area contributed by atoms with Gasteiger partial charge < -0.3 is 20.9 Å². The Labute approximate surface area is 258 Å². The molecule has 1 aliphatic heterocycles. The summed E-state index contributed by atoms with van der Waals surface area (Å²) in [6, 6.07) is 28.5. The lowest BCUT2D eigenvalue weighted by Crippen LogP contribution is -2.48. The first kappa shape index (κ1) is 29.1. The van der Waals surface area contributed by atoms with Crippen molar-refractivity contribution in [1.82, 2.24) is 20.6 Å². The normalized spacial score (nSPS) is 18.2. The van der Waals surface area contributed by atoms with Crippen LogP contribution in [0.1, 0.15) is 36.8 Å². The molecule has 0 radical (unpaired) electrons. The molecule has 1 saturated carbocycles. The molecule has 44 heavy (non-hydrogen) atoms. The molecule has 1 saturated heterocycles. The topological polar surface area (TPSA) is 109 Å². The lowest BCUT2D eigenvalue weighted by Gasteiger charge is -2.37. The van der Waals surface area contributed by atoms with Gasteiger partial charge >= 0.3 is 6.03 Å². The minimum atomic E-state index is -0.0891. The number of piperazine rings is 1. The van der Waals surface area contributed by atoms with Crippen molar-refractivity contribution in [3.8, 4) is 17.2 Å². The Morgan fingerprint density at radius 3 is 2.30 bits per heavy atom. The van der Waals surface area contributed by atoms with Crippen LogP contribution in [0.2, 0.25) is 0 Å².